The molecular weight excluding hydrogens is 226 g/mol. The summed E-state index contributed by atoms with van der Waals surface area (Å²) in [5, 5.41) is 8.69. The minimum atomic E-state index is -1.02. The number of aliphatic carboxylic acids is 1. The van der Waals surface area contributed by atoms with Crippen molar-refractivity contribution in [3.8, 4) is 11.5 Å². The predicted octanol–water partition coefficient (Wildman–Crippen LogP) is 1.09. The van der Waals surface area contributed by atoms with Gasteiger partial charge in [-0.2, -0.15) is 0 Å². The highest BCUT2D eigenvalue weighted by Crippen LogP contribution is 2.29. The summed E-state index contributed by atoms with van der Waals surface area (Å²) in [6, 6.07) is 1.66. The number of carbonyl (C=O) groups is 1. The molecule has 0 radical (unpaired) electrons. The van der Waals surface area contributed by atoms with Crippen molar-refractivity contribution >= 4 is 5.97 Å². The highest BCUT2D eigenvalue weighted by atomic mass is 16.5. The van der Waals surface area contributed by atoms with Gasteiger partial charge in [-0.1, -0.05) is 0 Å². The number of carboxylic acids is 1. The molecule has 1 unspecified atom stereocenters. The fourth-order valence-electron chi connectivity index (χ4n) is 1.23. The molecule has 0 aliphatic heterocycles. The summed E-state index contributed by atoms with van der Waals surface area (Å²) in [4.78, 5) is 14.7. The quantitative estimate of drug-likeness (QED) is 0.803. The van der Waals surface area contributed by atoms with Crippen molar-refractivity contribution < 1.29 is 24.1 Å². The van der Waals surface area contributed by atoms with Crippen molar-refractivity contribution in [2.45, 2.75) is 19.6 Å². The molecule has 6 nitrogen and oxygen atoms in total. The Kier molecular flexibility index (Phi) is 4.71. The smallest absolute Gasteiger partial charge is 0.332 e. The summed E-state index contributed by atoms with van der Waals surface area (Å²) in [6.07, 6.45) is 0.651. The van der Waals surface area contributed by atoms with Crippen LogP contribution in [0.2, 0.25) is 0 Å². The standard InChI is InChI=1S/C11H15NO5/c1-7(11(13)14)17-6-8-10(16-3)9(15-2)4-5-12-8/h4-5,7H,6H2,1-3H3,(H,13,14). The predicted molar refractivity (Wildman–Crippen MR) is 59.2 cm³/mol. The second-order valence-corrected chi connectivity index (χ2v) is 3.28. The Morgan fingerprint density at radius 3 is 2.71 bits per heavy atom. The van der Waals surface area contributed by atoms with E-state index in [4.69, 9.17) is 19.3 Å². The Labute approximate surface area is 99.1 Å². The van der Waals surface area contributed by atoms with Crippen LogP contribution in [0.25, 0.3) is 0 Å². The Hall–Kier alpha value is -1.82. The first-order chi connectivity index (χ1) is 8.10. The van der Waals surface area contributed by atoms with Gasteiger partial charge in [0.15, 0.2) is 17.6 Å². The summed E-state index contributed by atoms with van der Waals surface area (Å²) in [7, 11) is 3.01. The monoisotopic (exact) mass is 241 g/mol. The van der Waals surface area contributed by atoms with Crippen LogP contribution in [0.5, 0.6) is 11.5 Å². The van der Waals surface area contributed by atoms with Crippen LogP contribution in [0.1, 0.15) is 12.6 Å². The third-order valence-electron chi connectivity index (χ3n) is 2.18. The number of pyridine rings is 1. The van der Waals surface area contributed by atoms with Crippen molar-refractivity contribution in [2.75, 3.05) is 14.2 Å². The molecule has 1 aromatic heterocycles. The zero-order valence-electron chi connectivity index (χ0n) is 9.97. The van der Waals surface area contributed by atoms with Gasteiger partial charge in [0, 0.05) is 12.3 Å². The van der Waals surface area contributed by atoms with E-state index in [-0.39, 0.29) is 6.61 Å². The molecule has 1 rings (SSSR count). The van der Waals surface area contributed by atoms with Crippen LogP contribution in [-0.2, 0) is 16.1 Å². The van der Waals surface area contributed by atoms with Gasteiger partial charge in [0.05, 0.1) is 20.8 Å². The van der Waals surface area contributed by atoms with Gasteiger partial charge in [-0.05, 0) is 6.92 Å². The molecule has 94 valence electrons. The summed E-state index contributed by atoms with van der Waals surface area (Å²) < 4.78 is 15.4. The summed E-state index contributed by atoms with van der Waals surface area (Å²) >= 11 is 0. The van der Waals surface area contributed by atoms with E-state index in [1.807, 2.05) is 0 Å². The molecule has 0 fully saturated rings. The fraction of sp³-hybridized carbons (Fsp3) is 0.455. The molecular formula is C11H15NO5. The number of hydrogen-bond acceptors (Lipinski definition) is 5. The van der Waals surface area contributed by atoms with Crippen molar-refractivity contribution in [1.29, 1.82) is 0 Å². The lowest BCUT2D eigenvalue weighted by atomic mass is 10.3. The molecule has 0 aliphatic rings. The molecule has 1 aromatic rings. The molecule has 0 saturated carbocycles. The van der Waals surface area contributed by atoms with Crippen LogP contribution in [0, 0.1) is 0 Å². The highest BCUT2D eigenvalue weighted by molar-refractivity contribution is 5.71. The summed E-state index contributed by atoms with van der Waals surface area (Å²) in [5.41, 5.74) is 0.500. The largest absolute Gasteiger partial charge is 0.493 e. The molecule has 0 aliphatic carbocycles. The third-order valence-corrected chi connectivity index (χ3v) is 2.18. The van der Waals surface area contributed by atoms with E-state index in [2.05, 4.69) is 4.98 Å². The molecule has 17 heavy (non-hydrogen) atoms. The maximum Gasteiger partial charge on any atom is 0.332 e. The lowest BCUT2D eigenvalue weighted by Gasteiger charge is -2.13. The van der Waals surface area contributed by atoms with Crippen LogP contribution < -0.4 is 9.47 Å². The van der Waals surface area contributed by atoms with Gasteiger partial charge in [0.25, 0.3) is 0 Å². The Morgan fingerprint density at radius 1 is 1.47 bits per heavy atom. The summed E-state index contributed by atoms with van der Waals surface area (Å²) in [5.74, 6) is -0.0384. The molecule has 1 atom stereocenters. The Morgan fingerprint density at radius 2 is 2.18 bits per heavy atom. The van der Waals surface area contributed by atoms with Gasteiger partial charge in [0.1, 0.15) is 5.69 Å². The van der Waals surface area contributed by atoms with Crippen LogP contribution in [-0.4, -0.2) is 36.4 Å². The average Bonchev–Trinajstić information content (AvgIpc) is 2.34. The summed E-state index contributed by atoms with van der Waals surface area (Å²) in [6.45, 7) is 1.50. The zero-order chi connectivity index (χ0) is 12.8. The Balaban J connectivity index is 2.80. The van der Waals surface area contributed by atoms with E-state index >= 15 is 0 Å². The van der Waals surface area contributed by atoms with Crippen LogP contribution in [0.3, 0.4) is 0 Å². The van der Waals surface area contributed by atoms with Gasteiger partial charge < -0.3 is 19.3 Å². The van der Waals surface area contributed by atoms with Crippen LogP contribution in [0.15, 0.2) is 12.3 Å². The van der Waals surface area contributed by atoms with E-state index in [1.165, 1.54) is 21.1 Å². The minimum Gasteiger partial charge on any atom is -0.493 e. The van der Waals surface area contributed by atoms with E-state index in [0.29, 0.717) is 17.2 Å². The van der Waals surface area contributed by atoms with E-state index in [9.17, 15) is 4.79 Å². The number of rotatable bonds is 6. The number of methoxy groups -OCH3 is 2. The number of nitrogens with zero attached hydrogens (tertiary/aromatic N) is 1. The van der Waals surface area contributed by atoms with Gasteiger partial charge >= 0.3 is 5.97 Å². The van der Waals surface area contributed by atoms with Crippen molar-refractivity contribution in [3.05, 3.63) is 18.0 Å². The molecule has 1 N–H and O–H groups in total. The molecule has 0 amide bonds. The highest BCUT2D eigenvalue weighted by Gasteiger charge is 2.15. The maximum atomic E-state index is 10.6. The number of hydrogen-bond donors (Lipinski definition) is 1. The molecule has 0 aromatic carbocycles. The fourth-order valence-corrected chi connectivity index (χ4v) is 1.23. The lowest BCUT2D eigenvalue weighted by molar-refractivity contribution is -0.149. The number of aromatic nitrogens is 1. The second kappa shape index (κ2) is 6.05. The van der Waals surface area contributed by atoms with Gasteiger partial charge in [-0.3, -0.25) is 4.98 Å². The van der Waals surface area contributed by atoms with Crippen molar-refractivity contribution in [3.63, 3.8) is 0 Å². The van der Waals surface area contributed by atoms with Gasteiger partial charge in [-0.15, -0.1) is 0 Å². The minimum absolute atomic E-state index is 0.0494. The van der Waals surface area contributed by atoms with E-state index < -0.39 is 12.1 Å². The molecule has 0 spiro atoms. The zero-order valence-corrected chi connectivity index (χ0v) is 9.97. The lowest BCUT2D eigenvalue weighted by Crippen LogP contribution is -2.20. The maximum absolute atomic E-state index is 10.6. The molecule has 0 saturated heterocycles. The number of carboxylic acid groups (broad SMARTS) is 1. The number of ether oxygens (including phenoxy) is 3. The first-order valence-corrected chi connectivity index (χ1v) is 5.00. The molecule has 1 heterocycles. The van der Waals surface area contributed by atoms with Crippen molar-refractivity contribution in [2.24, 2.45) is 0 Å². The second-order valence-electron chi connectivity index (χ2n) is 3.28. The van der Waals surface area contributed by atoms with Gasteiger partial charge in [0.2, 0.25) is 0 Å². The third kappa shape index (κ3) is 3.32. The normalized spacial score (nSPS) is 11.9. The first-order valence-electron chi connectivity index (χ1n) is 5.00. The topological polar surface area (TPSA) is 77.9 Å². The van der Waals surface area contributed by atoms with Crippen LogP contribution in [0.4, 0.5) is 0 Å². The SMILES string of the molecule is COc1ccnc(COC(C)C(=O)O)c1OC. The molecule has 6 heteroatoms. The van der Waals surface area contributed by atoms with Crippen LogP contribution >= 0.6 is 0 Å². The average molecular weight is 241 g/mol. The van der Waals surface area contributed by atoms with E-state index in [0.717, 1.165) is 0 Å². The van der Waals surface area contributed by atoms with Gasteiger partial charge in [-0.25, -0.2) is 4.79 Å². The van der Waals surface area contributed by atoms with E-state index in [1.54, 1.807) is 12.3 Å². The Bertz CT molecular complexity index is 393. The first kappa shape index (κ1) is 13.2. The molecule has 0 bridgehead atoms. The van der Waals surface area contributed by atoms with Crippen molar-refractivity contribution in [1.82, 2.24) is 4.98 Å².